The van der Waals surface area contributed by atoms with Gasteiger partial charge < -0.3 is 23.7 Å². The van der Waals surface area contributed by atoms with Gasteiger partial charge in [-0.2, -0.15) is 9.47 Å². The van der Waals surface area contributed by atoms with Gasteiger partial charge in [0.15, 0.2) is 12.3 Å². The van der Waals surface area contributed by atoms with Gasteiger partial charge in [-0.15, -0.1) is 6.42 Å². The number of aromatic nitrogens is 2. The number of amides is 2. The summed E-state index contributed by atoms with van der Waals surface area (Å²) in [7, 11) is 1.37. The average Bonchev–Trinajstić information content (AvgIpc) is 3.17. The molecule has 0 bridgehead atoms. The lowest BCUT2D eigenvalue weighted by molar-refractivity contribution is -0.0737. The summed E-state index contributed by atoms with van der Waals surface area (Å²) in [4.78, 5) is 65.0. The molecule has 0 aromatic carbocycles. The maximum Gasteiger partial charge on any atom is 0.425 e. The molecule has 0 spiro atoms. The topological polar surface area (TPSA) is 145 Å². The van der Waals surface area contributed by atoms with Crippen molar-refractivity contribution in [1.29, 1.82) is 0 Å². The van der Waals surface area contributed by atoms with Crippen molar-refractivity contribution in [3.8, 4) is 12.3 Å². The van der Waals surface area contributed by atoms with Crippen LogP contribution in [0.2, 0.25) is 0 Å². The number of terminal acetylenes is 1. The molecule has 2 aliphatic heterocycles. The van der Waals surface area contributed by atoms with Crippen LogP contribution in [0.4, 0.5) is 14.4 Å². The molecule has 0 radical (unpaired) electrons. The lowest BCUT2D eigenvalue weighted by Crippen LogP contribution is -2.58. The third-order valence-electron chi connectivity index (χ3n) is 5.21. The highest BCUT2D eigenvalue weighted by Gasteiger charge is 2.71. The quantitative estimate of drug-likeness (QED) is 0.435. The summed E-state index contributed by atoms with van der Waals surface area (Å²) >= 11 is 0. The molecule has 1 unspecified atom stereocenters. The van der Waals surface area contributed by atoms with Crippen LogP contribution < -0.4 is 11.2 Å². The Balaban J connectivity index is 2.21. The number of hydrogen-bond acceptors (Lipinski definition) is 10. The van der Waals surface area contributed by atoms with Crippen LogP contribution in [-0.2, 0) is 23.7 Å². The third kappa shape index (κ3) is 4.61. The molecule has 36 heavy (non-hydrogen) atoms. The molecule has 13 nitrogen and oxygen atoms in total. The van der Waals surface area contributed by atoms with Gasteiger partial charge in [0, 0.05) is 19.4 Å². The number of carbonyl (C=O) groups is 3. The fourth-order valence-corrected chi connectivity index (χ4v) is 3.95. The predicted molar refractivity (Wildman–Crippen MR) is 122 cm³/mol. The van der Waals surface area contributed by atoms with Crippen LogP contribution in [0.15, 0.2) is 21.9 Å². The Morgan fingerprint density at radius 3 is 2.19 bits per heavy atom. The summed E-state index contributed by atoms with van der Waals surface area (Å²) < 4.78 is 28.2. The standard InChI is InChI=1S/C23H29N3O10/c1-9-23-15(34-19(30)26(23)20(31)36-22(5,6)7)13(12-32-8)33-16(23)24-11-10-14(27)25(17(24)28)18(29)35-21(2,3)4/h1,10-11,13,15-16H,12H2,2-8H3/t13-,15?,16-,23-/m1/s1. The van der Waals surface area contributed by atoms with Crippen LogP contribution in [0.3, 0.4) is 0 Å². The van der Waals surface area contributed by atoms with E-state index in [0.29, 0.717) is 4.90 Å². The van der Waals surface area contributed by atoms with Crippen molar-refractivity contribution in [2.24, 2.45) is 0 Å². The zero-order valence-corrected chi connectivity index (χ0v) is 21.1. The normalized spacial score (nSPS) is 25.7. The minimum absolute atomic E-state index is 0.125. The predicted octanol–water partition coefficient (Wildman–Crippen LogP) is 1.46. The fraction of sp³-hybridized carbons (Fsp3) is 0.609. The summed E-state index contributed by atoms with van der Waals surface area (Å²) in [5.41, 5.74) is -6.18. The second-order valence-electron chi connectivity index (χ2n) is 10.2. The van der Waals surface area contributed by atoms with Gasteiger partial charge in [-0.25, -0.2) is 19.2 Å². The molecule has 0 saturated carbocycles. The number of fused-ring (bicyclic) bond motifs is 1. The lowest BCUT2D eigenvalue weighted by atomic mass is 9.90. The number of nitrogens with zero attached hydrogens (tertiary/aromatic N) is 3. The number of carbonyl (C=O) groups excluding carboxylic acids is 3. The smallest absolute Gasteiger partial charge is 0.425 e. The van der Waals surface area contributed by atoms with Crippen molar-refractivity contribution in [1.82, 2.24) is 14.0 Å². The highest BCUT2D eigenvalue weighted by molar-refractivity contribution is 5.92. The zero-order valence-electron chi connectivity index (χ0n) is 21.1. The number of hydrogen-bond donors (Lipinski definition) is 0. The Hall–Kier alpha value is -3.63. The van der Waals surface area contributed by atoms with Gasteiger partial charge in [0.2, 0.25) is 5.54 Å². The van der Waals surface area contributed by atoms with E-state index in [2.05, 4.69) is 5.92 Å². The average molecular weight is 507 g/mol. The first-order valence-electron chi connectivity index (χ1n) is 11.0. The SMILES string of the molecule is C#C[C@]12C(OC(=O)N1C(=O)OC(C)(C)C)[C@@H](COC)O[C@H]2n1ccc(=O)n(C(=O)OC(C)(C)C)c1=O. The van der Waals surface area contributed by atoms with Gasteiger partial charge in [0.25, 0.3) is 5.56 Å². The van der Waals surface area contributed by atoms with Gasteiger partial charge in [0.1, 0.15) is 17.3 Å². The van der Waals surface area contributed by atoms with Crippen LogP contribution in [0, 0.1) is 12.3 Å². The van der Waals surface area contributed by atoms with Crippen molar-refractivity contribution < 1.29 is 38.1 Å². The number of methoxy groups -OCH3 is 1. The van der Waals surface area contributed by atoms with Crippen molar-refractivity contribution in [2.45, 2.75) is 76.7 Å². The minimum Gasteiger partial charge on any atom is -0.443 e. The molecule has 0 N–H and O–H groups in total. The first-order valence-corrected chi connectivity index (χ1v) is 11.0. The van der Waals surface area contributed by atoms with Gasteiger partial charge in [-0.3, -0.25) is 9.36 Å². The Morgan fingerprint density at radius 1 is 1.08 bits per heavy atom. The van der Waals surface area contributed by atoms with Crippen LogP contribution in [0.5, 0.6) is 0 Å². The van der Waals surface area contributed by atoms with Crippen LogP contribution in [0.25, 0.3) is 0 Å². The molecule has 3 rings (SSSR count). The Labute approximate surface area is 206 Å². The van der Waals surface area contributed by atoms with E-state index in [4.69, 9.17) is 30.1 Å². The van der Waals surface area contributed by atoms with Crippen LogP contribution in [-0.4, -0.2) is 75.0 Å². The Kier molecular flexibility index (Phi) is 6.82. The molecule has 13 heteroatoms. The number of imide groups is 1. The van der Waals surface area contributed by atoms with Gasteiger partial charge >= 0.3 is 24.0 Å². The molecule has 2 amide bonds. The van der Waals surface area contributed by atoms with E-state index in [0.717, 1.165) is 16.8 Å². The molecule has 2 fully saturated rings. The maximum absolute atomic E-state index is 13.4. The van der Waals surface area contributed by atoms with Crippen LogP contribution >= 0.6 is 0 Å². The summed E-state index contributed by atoms with van der Waals surface area (Å²) in [6, 6.07) is 0.924. The molecule has 1 aromatic rings. The monoisotopic (exact) mass is 507 g/mol. The van der Waals surface area contributed by atoms with Crippen molar-refractivity contribution in [2.75, 3.05) is 13.7 Å². The fourth-order valence-electron chi connectivity index (χ4n) is 3.95. The van der Waals surface area contributed by atoms with Crippen LogP contribution in [0.1, 0.15) is 47.8 Å². The molecular formula is C23H29N3O10. The van der Waals surface area contributed by atoms with E-state index < -0.39 is 64.7 Å². The van der Waals surface area contributed by atoms with E-state index in [-0.39, 0.29) is 11.2 Å². The summed E-state index contributed by atoms with van der Waals surface area (Å²) in [6.07, 6.45) is -0.405. The third-order valence-corrected chi connectivity index (χ3v) is 5.21. The van der Waals surface area contributed by atoms with Gasteiger partial charge in [-0.1, -0.05) is 5.92 Å². The minimum atomic E-state index is -2.03. The first kappa shape index (κ1) is 27.0. The van der Waals surface area contributed by atoms with Crippen molar-refractivity contribution in [3.05, 3.63) is 33.1 Å². The first-order chi connectivity index (χ1) is 16.6. The Morgan fingerprint density at radius 2 is 1.67 bits per heavy atom. The zero-order chi connectivity index (χ0) is 27.2. The largest absolute Gasteiger partial charge is 0.443 e. The molecule has 2 aliphatic rings. The molecule has 4 atom stereocenters. The summed E-state index contributed by atoms with van der Waals surface area (Å²) in [6.45, 7) is 9.32. The maximum atomic E-state index is 13.4. The molecule has 1 aromatic heterocycles. The molecular weight excluding hydrogens is 478 g/mol. The van der Waals surface area contributed by atoms with E-state index in [9.17, 15) is 24.0 Å². The van der Waals surface area contributed by atoms with E-state index in [1.165, 1.54) is 7.11 Å². The van der Waals surface area contributed by atoms with Gasteiger partial charge in [0.05, 0.1) is 6.61 Å². The van der Waals surface area contributed by atoms with E-state index >= 15 is 0 Å². The molecule has 3 heterocycles. The summed E-state index contributed by atoms with van der Waals surface area (Å²) in [5.74, 6) is 2.39. The second-order valence-corrected chi connectivity index (χ2v) is 10.2. The second kappa shape index (κ2) is 9.11. The Bertz CT molecular complexity index is 1230. The number of rotatable bonds is 3. The molecule has 196 valence electrons. The van der Waals surface area contributed by atoms with Crippen molar-refractivity contribution in [3.63, 3.8) is 0 Å². The highest BCUT2D eigenvalue weighted by atomic mass is 16.6. The van der Waals surface area contributed by atoms with Gasteiger partial charge in [-0.05, 0) is 41.5 Å². The van der Waals surface area contributed by atoms with E-state index in [1.807, 2.05) is 0 Å². The van der Waals surface area contributed by atoms with E-state index in [1.54, 1.807) is 41.5 Å². The molecule has 0 aliphatic carbocycles. The lowest BCUT2D eigenvalue weighted by Gasteiger charge is -2.34. The summed E-state index contributed by atoms with van der Waals surface area (Å²) in [5, 5.41) is 0. The number of ether oxygens (including phenoxy) is 5. The highest BCUT2D eigenvalue weighted by Crippen LogP contribution is 2.48. The van der Waals surface area contributed by atoms with Crippen molar-refractivity contribution >= 4 is 18.3 Å². The molecule has 2 saturated heterocycles.